The summed E-state index contributed by atoms with van der Waals surface area (Å²) in [5.41, 5.74) is 0. The molecule has 0 aliphatic carbocycles. The molecule has 0 aliphatic rings. The average molecular weight is 448 g/mol. The maximum absolute atomic E-state index is 10.2. The predicted molar refractivity (Wildman–Crippen MR) is 126 cm³/mol. The van der Waals surface area contributed by atoms with Crippen molar-refractivity contribution in [3.63, 3.8) is 0 Å². The SMILES string of the molecule is CCCCCCCC/C=C\CCCCCCCCOP(=O)([O-])[O-].CCN(CC)CC. The Balaban J connectivity index is 0. The molecule has 0 amide bonds. The number of allylic oxidation sites excluding steroid dienone is 2. The molecule has 0 saturated carbocycles. The molecule has 6 heteroatoms. The van der Waals surface area contributed by atoms with E-state index in [1.165, 1.54) is 77.4 Å². The lowest BCUT2D eigenvalue weighted by Crippen LogP contribution is -2.21. The van der Waals surface area contributed by atoms with Gasteiger partial charge in [-0.15, -0.1) is 0 Å². The Bertz CT molecular complexity index is 389. The molecule has 0 aromatic rings. The molecule has 0 spiro atoms. The second kappa shape index (κ2) is 25.1. The lowest BCUT2D eigenvalue weighted by molar-refractivity contribution is -0.341. The maximum Gasteiger partial charge on any atom is 0.0596 e. The van der Waals surface area contributed by atoms with Gasteiger partial charge >= 0.3 is 0 Å². The Morgan fingerprint density at radius 3 is 1.43 bits per heavy atom. The van der Waals surface area contributed by atoms with E-state index in [0.717, 1.165) is 25.7 Å². The maximum atomic E-state index is 10.2. The van der Waals surface area contributed by atoms with Gasteiger partial charge in [-0.05, 0) is 51.7 Å². The first kappa shape index (κ1) is 32.0. The van der Waals surface area contributed by atoms with Gasteiger partial charge in [0.2, 0.25) is 0 Å². The van der Waals surface area contributed by atoms with Gasteiger partial charge in [-0.1, -0.05) is 97.6 Å². The highest BCUT2D eigenvalue weighted by Gasteiger charge is 1.94. The Kier molecular flexibility index (Phi) is 26.7. The quantitative estimate of drug-likeness (QED) is 0.126. The molecule has 0 fully saturated rings. The lowest BCUT2D eigenvalue weighted by Gasteiger charge is -2.28. The summed E-state index contributed by atoms with van der Waals surface area (Å²) in [7, 11) is -4.76. The molecule has 0 heterocycles. The Hall–Kier alpha value is -0.190. The van der Waals surface area contributed by atoms with Gasteiger partial charge in [-0.2, -0.15) is 0 Å². The van der Waals surface area contributed by atoms with Crippen molar-refractivity contribution in [2.45, 2.75) is 118 Å². The van der Waals surface area contributed by atoms with E-state index >= 15 is 0 Å². The molecule has 0 rings (SSSR count). The number of phosphoric acid groups is 1. The summed E-state index contributed by atoms with van der Waals surface area (Å²) in [4.78, 5) is 22.8. The average Bonchev–Trinajstić information content (AvgIpc) is 2.71. The summed E-state index contributed by atoms with van der Waals surface area (Å²) < 4.78 is 14.4. The summed E-state index contributed by atoms with van der Waals surface area (Å²) in [6.07, 6.45) is 21.4. The predicted octanol–water partition coefficient (Wildman–Crippen LogP) is 6.22. The Morgan fingerprint density at radius 1 is 0.667 bits per heavy atom. The van der Waals surface area contributed by atoms with Crippen molar-refractivity contribution < 1.29 is 18.9 Å². The van der Waals surface area contributed by atoms with Gasteiger partial charge in [0.25, 0.3) is 0 Å². The molecule has 0 aromatic carbocycles. The topological polar surface area (TPSA) is 75.7 Å². The number of phosphoric ester groups is 1. The molecular weight excluding hydrogens is 397 g/mol. The van der Waals surface area contributed by atoms with Crippen molar-refractivity contribution in [1.82, 2.24) is 4.90 Å². The summed E-state index contributed by atoms with van der Waals surface area (Å²) in [6.45, 7) is 12.4. The van der Waals surface area contributed by atoms with Crippen LogP contribution < -0.4 is 9.79 Å². The van der Waals surface area contributed by atoms with Crippen molar-refractivity contribution in [3.8, 4) is 0 Å². The van der Waals surface area contributed by atoms with E-state index in [4.69, 9.17) is 0 Å². The summed E-state index contributed by atoms with van der Waals surface area (Å²) in [5, 5.41) is 0. The first-order chi connectivity index (χ1) is 14.4. The summed E-state index contributed by atoms with van der Waals surface area (Å²) >= 11 is 0. The van der Waals surface area contributed by atoms with Crippen LogP contribution in [0.15, 0.2) is 12.2 Å². The second-order valence-electron chi connectivity index (χ2n) is 7.84. The fourth-order valence-corrected chi connectivity index (χ4v) is 3.55. The van der Waals surface area contributed by atoms with Crippen molar-refractivity contribution in [2.24, 2.45) is 0 Å². The van der Waals surface area contributed by atoms with Crippen LogP contribution in [-0.4, -0.2) is 31.1 Å². The lowest BCUT2D eigenvalue weighted by atomic mass is 10.1. The third-order valence-electron chi connectivity index (χ3n) is 5.25. The molecule has 0 unspecified atom stereocenters. The number of unbranched alkanes of at least 4 members (excludes halogenated alkanes) is 12. The van der Waals surface area contributed by atoms with Gasteiger partial charge in [0.15, 0.2) is 0 Å². The van der Waals surface area contributed by atoms with E-state index in [1.54, 1.807) is 0 Å². The Labute approximate surface area is 187 Å². The second-order valence-corrected chi connectivity index (χ2v) is 8.99. The molecule has 0 aliphatic heterocycles. The first-order valence-electron chi connectivity index (χ1n) is 12.4. The minimum atomic E-state index is -4.76. The zero-order chi connectivity index (χ0) is 22.9. The van der Waals surface area contributed by atoms with Crippen LogP contribution >= 0.6 is 7.82 Å². The zero-order valence-electron chi connectivity index (χ0n) is 20.4. The van der Waals surface area contributed by atoms with Gasteiger partial charge in [0.1, 0.15) is 0 Å². The smallest absolute Gasteiger partial charge is 0.0596 e. The fourth-order valence-electron chi connectivity index (χ4n) is 3.20. The van der Waals surface area contributed by atoms with Crippen LogP contribution in [0.25, 0.3) is 0 Å². The van der Waals surface area contributed by atoms with E-state index in [0.29, 0.717) is 6.42 Å². The van der Waals surface area contributed by atoms with Crippen molar-refractivity contribution in [2.75, 3.05) is 26.2 Å². The van der Waals surface area contributed by atoms with Gasteiger partial charge < -0.3 is 23.8 Å². The highest BCUT2D eigenvalue weighted by Crippen LogP contribution is 2.24. The van der Waals surface area contributed by atoms with E-state index in [1.807, 2.05) is 0 Å². The fraction of sp³-hybridized carbons (Fsp3) is 0.917. The normalized spacial score (nSPS) is 11.8. The van der Waals surface area contributed by atoms with Crippen LogP contribution in [0.2, 0.25) is 0 Å². The van der Waals surface area contributed by atoms with E-state index in [9.17, 15) is 14.4 Å². The standard InChI is InChI=1S/C18H37O4P.C6H15N/c1-2-3-4-5-6-7-8-9-10-11-12-13-14-15-16-17-18-22-23(19,20)21;1-4-7(5-2)6-3/h9-10H,2-8,11-18H2,1H3,(H2,19,20,21);4-6H2,1-3H3/p-2/b10-9-;. The molecular formula is C24H50NO4P-2. The van der Waals surface area contributed by atoms with Crippen molar-refractivity contribution in [1.29, 1.82) is 0 Å². The van der Waals surface area contributed by atoms with Crippen LogP contribution in [0.1, 0.15) is 118 Å². The molecule has 5 nitrogen and oxygen atoms in total. The monoisotopic (exact) mass is 447 g/mol. The highest BCUT2D eigenvalue weighted by atomic mass is 31.2. The van der Waals surface area contributed by atoms with Crippen LogP contribution in [-0.2, 0) is 9.09 Å². The summed E-state index contributed by atoms with van der Waals surface area (Å²) in [5.74, 6) is 0. The van der Waals surface area contributed by atoms with Crippen LogP contribution in [0.4, 0.5) is 0 Å². The van der Waals surface area contributed by atoms with E-state index in [-0.39, 0.29) is 6.61 Å². The van der Waals surface area contributed by atoms with E-state index in [2.05, 4.69) is 49.3 Å². The molecule has 0 atom stereocenters. The zero-order valence-corrected chi connectivity index (χ0v) is 21.3. The van der Waals surface area contributed by atoms with Crippen LogP contribution in [0.3, 0.4) is 0 Å². The summed E-state index contributed by atoms with van der Waals surface area (Å²) in [6, 6.07) is 0. The molecule has 0 radical (unpaired) electrons. The van der Waals surface area contributed by atoms with Gasteiger partial charge in [-0.3, -0.25) is 0 Å². The van der Waals surface area contributed by atoms with Crippen molar-refractivity contribution >= 4 is 7.82 Å². The van der Waals surface area contributed by atoms with Gasteiger partial charge in [0.05, 0.1) is 14.4 Å². The number of rotatable bonds is 20. The molecule has 30 heavy (non-hydrogen) atoms. The first-order valence-corrected chi connectivity index (χ1v) is 13.9. The molecule has 182 valence electrons. The largest absolute Gasteiger partial charge is 0.790 e. The van der Waals surface area contributed by atoms with Gasteiger partial charge in [0, 0.05) is 0 Å². The third kappa shape index (κ3) is 30.0. The van der Waals surface area contributed by atoms with Crippen molar-refractivity contribution in [3.05, 3.63) is 12.2 Å². The molecule has 0 N–H and O–H groups in total. The van der Waals surface area contributed by atoms with Gasteiger partial charge in [-0.25, -0.2) is 0 Å². The highest BCUT2D eigenvalue weighted by molar-refractivity contribution is 7.43. The third-order valence-corrected chi connectivity index (χ3v) is 5.75. The molecule has 0 bridgehead atoms. The van der Waals surface area contributed by atoms with Crippen LogP contribution in [0.5, 0.6) is 0 Å². The minimum Gasteiger partial charge on any atom is -0.790 e. The number of hydrogen-bond acceptors (Lipinski definition) is 5. The number of hydrogen-bond donors (Lipinski definition) is 0. The number of nitrogens with zero attached hydrogens (tertiary/aromatic N) is 1. The van der Waals surface area contributed by atoms with Crippen LogP contribution in [0, 0.1) is 0 Å². The molecule has 0 aromatic heterocycles. The minimum absolute atomic E-state index is 0.0332. The molecule has 0 saturated heterocycles. The Morgan fingerprint density at radius 2 is 1.07 bits per heavy atom. The van der Waals surface area contributed by atoms with E-state index < -0.39 is 7.82 Å².